The Morgan fingerprint density at radius 1 is 1.19 bits per heavy atom. The summed E-state index contributed by atoms with van der Waals surface area (Å²) < 4.78 is 5.49. The summed E-state index contributed by atoms with van der Waals surface area (Å²) in [6.07, 6.45) is 2.48. The Morgan fingerprint density at radius 3 is 2.57 bits per heavy atom. The fourth-order valence-electron chi connectivity index (χ4n) is 1.71. The number of nitrogens with one attached hydrogen (secondary N) is 1. The quantitative estimate of drug-likeness (QED) is 0.527. The molecule has 0 atom stereocenters. The number of esters is 1. The normalized spacial score (nSPS) is 9.95. The molecule has 0 spiro atoms. The molecule has 108 valence electrons. The van der Waals surface area contributed by atoms with Crippen LogP contribution in [0.3, 0.4) is 0 Å². The third kappa shape index (κ3) is 3.79. The average Bonchev–Trinajstić information content (AvgIpc) is 2.48. The topological polar surface area (TPSA) is 82.3 Å². The number of pyridine rings is 1. The van der Waals surface area contributed by atoms with Gasteiger partial charge in [-0.2, -0.15) is 4.73 Å². The number of amides is 1. The largest absolute Gasteiger partial charge is 0.619 e. The zero-order chi connectivity index (χ0) is 15.2. The van der Waals surface area contributed by atoms with Gasteiger partial charge in [0.2, 0.25) is 0 Å². The number of hydrogen-bond donors (Lipinski definition) is 1. The van der Waals surface area contributed by atoms with Crippen molar-refractivity contribution >= 4 is 17.6 Å². The zero-order valence-corrected chi connectivity index (χ0v) is 11.4. The Bertz CT molecular complexity index is 653. The first-order valence-corrected chi connectivity index (χ1v) is 6.37. The lowest BCUT2D eigenvalue weighted by Gasteiger charge is -2.07. The van der Waals surface area contributed by atoms with Crippen LogP contribution >= 0.6 is 0 Å². The van der Waals surface area contributed by atoms with Crippen LogP contribution in [0.25, 0.3) is 0 Å². The summed E-state index contributed by atoms with van der Waals surface area (Å²) in [5.41, 5.74) is 1.19. The highest BCUT2D eigenvalue weighted by atomic mass is 16.5. The Morgan fingerprint density at radius 2 is 1.90 bits per heavy atom. The van der Waals surface area contributed by atoms with E-state index < -0.39 is 5.97 Å². The van der Waals surface area contributed by atoms with Crippen molar-refractivity contribution < 1.29 is 19.1 Å². The first-order valence-electron chi connectivity index (χ1n) is 6.37. The summed E-state index contributed by atoms with van der Waals surface area (Å²) in [5.74, 6) is -0.808. The highest BCUT2D eigenvalue weighted by Crippen LogP contribution is 2.13. The molecule has 0 aliphatic rings. The number of nitrogens with zero attached hydrogens (tertiary/aromatic N) is 1. The Balaban J connectivity index is 2.12. The van der Waals surface area contributed by atoms with Gasteiger partial charge in [-0.15, -0.1) is 0 Å². The highest BCUT2D eigenvalue weighted by Gasteiger charge is 2.10. The van der Waals surface area contributed by atoms with Gasteiger partial charge in [-0.1, -0.05) is 6.07 Å². The first kappa shape index (κ1) is 14.5. The van der Waals surface area contributed by atoms with Gasteiger partial charge in [0.15, 0.2) is 12.4 Å². The first-order chi connectivity index (χ1) is 10.1. The minimum Gasteiger partial charge on any atom is -0.619 e. The molecule has 6 nitrogen and oxygen atoms in total. The minimum absolute atomic E-state index is 0.286. The van der Waals surface area contributed by atoms with Crippen molar-refractivity contribution in [2.75, 3.05) is 11.9 Å². The molecule has 2 aromatic rings. The van der Waals surface area contributed by atoms with E-state index in [0.717, 1.165) is 0 Å². The van der Waals surface area contributed by atoms with E-state index in [9.17, 15) is 14.8 Å². The molecule has 0 aliphatic heterocycles. The van der Waals surface area contributed by atoms with E-state index in [1.807, 2.05) is 0 Å². The van der Waals surface area contributed by atoms with Crippen molar-refractivity contribution in [3.05, 3.63) is 65.1 Å². The third-order valence-electron chi connectivity index (χ3n) is 2.70. The molecule has 2 rings (SSSR count). The van der Waals surface area contributed by atoms with Crippen LogP contribution in [-0.4, -0.2) is 18.5 Å². The number of benzene rings is 1. The lowest BCUT2D eigenvalue weighted by atomic mass is 10.2. The van der Waals surface area contributed by atoms with Crippen LogP contribution in [0.15, 0.2) is 48.8 Å². The van der Waals surface area contributed by atoms with Gasteiger partial charge < -0.3 is 15.3 Å². The van der Waals surface area contributed by atoms with Crippen molar-refractivity contribution in [1.29, 1.82) is 0 Å². The summed E-state index contributed by atoms with van der Waals surface area (Å²) in [6.45, 7) is 2.01. The predicted molar refractivity (Wildman–Crippen MR) is 75.8 cm³/mol. The van der Waals surface area contributed by atoms with Crippen LogP contribution in [0.2, 0.25) is 0 Å². The van der Waals surface area contributed by atoms with E-state index in [-0.39, 0.29) is 12.5 Å². The van der Waals surface area contributed by atoms with Gasteiger partial charge in [0.1, 0.15) is 0 Å². The Hall–Kier alpha value is -2.89. The van der Waals surface area contributed by atoms with Gasteiger partial charge in [0.05, 0.1) is 17.7 Å². The van der Waals surface area contributed by atoms with E-state index >= 15 is 0 Å². The number of carbonyl (C=O) groups is 2. The molecule has 1 heterocycles. The molecule has 1 aromatic heterocycles. The number of anilines is 1. The molecule has 0 bridgehead atoms. The van der Waals surface area contributed by atoms with Crippen LogP contribution in [0.5, 0.6) is 0 Å². The molecular weight excluding hydrogens is 272 g/mol. The molecule has 6 heteroatoms. The Labute approximate surface area is 121 Å². The van der Waals surface area contributed by atoms with Gasteiger partial charge in [0, 0.05) is 17.8 Å². The van der Waals surface area contributed by atoms with E-state index in [0.29, 0.717) is 21.5 Å². The third-order valence-corrected chi connectivity index (χ3v) is 2.70. The fraction of sp³-hybridized carbons (Fsp3) is 0.133. The Kier molecular flexibility index (Phi) is 4.50. The summed E-state index contributed by atoms with van der Waals surface area (Å²) in [7, 11) is 0. The van der Waals surface area contributed by atoms with Crippen LogP contribution < -0.4 is 10.0 Å². The maximum absolute atomic E-state index is 12.0. The minimum atomic E-state index is -0.444. The smallest absolute Gasteiger partial charge is 0.338 e. The number of rotatable bonds is 4. The maximum atomic E-state index is 12.0. The van der Waals surface area contributed by atoms with Crippen LogP contribution in [0.4, 0.5) is 5.69 Å². The molecule has 1 aromatic carbocycles. The molecule has 0 unspecified atom stereocenters. The van der Waals surface area contributed by atoms with Crippen molar-refractivity contribution in [3.8, 4) is 0 Å². The average molecular weight is 286 g/mol. The number of ether oxygens (including phenoxy) is 1. The summed E-state index contributed by atoms with van der Waals surface area (Å²) >= 11 is 0. The second-order valence-corrected chi connectivity index (χ2v) is 4.20. The van der Waals surface area contributed by atoms with Crippen molar-refractivity contribution in [1.82, 2.24) is 0 Å². The molecule has 0 radical (unpaired) electrons. The summed E-state index contributed by atoms with van der Waals surface area (Å²) in [5, 5.41) is 13.6. The molecule has 0 fully saturated rings. The standard InChI is InChI=1S/C15H14N2O4/c1-2-21-15(19)12-4-3-5-13(10-12)16-14(18)11-6-8-17(20)9-7-11/h3-10H,2H2,1H3,(H,16,18). The van der Waals surface area contributed by atoms with Crippen molar-refractivity contribution in [2.24, 2.45) is 0 Å². The predicted octanol–water partition coefficient (Wildman–Crippen LogP) is 1.75. The van der Waals surface area contributed by atoms with Crippen LogP contribution in [0, 0.1) is 5.21 Å². The van der Waals surface area contributed by atoms with Gasteiger partial charge in [-0.05, 0) is 25.1 Å². The number of hydrogen-bond acceptors (Lipinski definition) is 4. The van der Waals surface area contributed by atoms with Gasteiger partial charge in [-0.3, -0.25) is 4.79 Å². The monoisotopic (exact) mass is 286 g/mol. The van der Waals surface area contributed by atoms with Crippen LogP contribution in [0.1, 0.15) is 27.6 Å². The van der Waals surface area contributed by atoms with Gasteiger partial charge in [-0.25, -0.2) is 4.79 Å². The van der Waals surface area contributed by atoms with E-state index in [1.54, 1.807) is 25.1 Å². The van der Waals surface area contributed by atoms with Gasteiger partial charge >= 0.3 is 5.97 Å². The summed E-state index contributed by atoms with van der Waals surface area (Å²) in [4.78, 5) is 23.6. The van der Waals surface area contributed by atoms with Crippen molar-refractivity contribution in [3.63, 3.8) is 0 Å². The molecule has 1 N–H and O–H groups in total. The van der Waals surface area contributed by atoms with E-state index in [1.165, 1.54) is 30.6 Å². The molecule has 0 saturated heterocycles. The highest BCUT2D eigenvalue weighted by molar-refractivity contribution is 6.04. The lowest BCUT2D eigenvalue weighted by molar-refractivity contribution is -0.605. The SMILES string of the molecule is CCOC(=O)c1cccc(NC(=O)c2cc[n+]([O-])cc2)c1. The molecule has 21 heavy (non-hydrogen) atoms. The second-order valence-electron chi connectivity index (χ2n) is 4.20. The molecular formula is C15H14N2O4. The second kappa shape index (κ2) is 6.51. The number of aromatic nitrogens is 1. The summed E-state index contributed by atoms with van der Waals surface area (Å²) in [6, 6.07) is 9.29. The number of carbonyl (C=O) groups excluding carboxylic acids is 2. The molecule has 0 aliphatic carbocycles. The fourth-order valence-corrected chi connectivity index (χ4v) is 1.71. The van der Waals surface area contributed by atoms with Gasteiger partial charge in [0.25, 0.3) is 5.91 Å². The molecule has 0 saturated carbocycles. The van der Waals surface area contributed by atoms with Crippen LogP contribution in [-0.2, 0) is 4.74 Å². The zero-order valence-electron chi connectivity index (χ0n) is 11.4. The van der Waals surface area contributed by atoms with Crippen molar-refractivity contribution in [2.45, 2.75) is 6.92 Å². The van der Waals surface area contributed by atoms with E-state index in [2.05, 4.69) is 5.32 Å². The van der Waals surface area contributed by atoms with E-state index in [4.69, 9.17) is 4.74 Å². The maximum Gasteiger partial charge on any atom is 0.338 e. The lowest BCUT2D eigenvalue weighted by Crippen LogP contribution is -2.25. The molecule has 1 amide bonds.